The lowest BCUT2D eigenvalue weighted by Gasteiger charge is -2.31. The summed E-state index contributed by atoms with van der Waals surface area (Å²) < 4.78 is 11.3. The molecular formula is C17H18O3. The van der Waals surface area contributed by atoms with E-state index in [2.05, 4.69) is 19.1 Å². The Bertz CT molecular complexity index is 621. The maximum atomic E-state index is 10.3. The van der Waals surface area contributed by atoms with Crippen LogP contribution in [0.1, 0.15) is 35.3 Å². The number of hydrogen-bond acceptors (Lipinski definition) is 3. The van der Waals surface area contributed by atoms with Gasteiger partial charge in [0.2, 0.25) is 0 Å². The van der Waals surface area contributed by atoms with Crippen LogP contribution in [0.3, 0.4) is 0 Å². The predicted molar refractivity (Wildman–Crippen MR) is 77.1 cm³/mol. The molecule has 0 spiro atoms. The van der Waals surface area contributed by atoms with Crippen LogP contribution in [-0.4, -0.2) is 12.2 Å². The number of rotatable bonds is 2. The highest BCUT2D eigenvalue weighted by Gasteiger charge is 2.29. The molecule has 0 bridgehead atoms. The average molecular weight is 270 g/mol. The lowest BCUT2D eigenvalue weighted by Crippen LogP contribution is -2.19. The van der Waals surface area contributed by atoms with Crippen LogP contribution in [0.4, 0.5) is 0 Å². The number of ether oxygens (including phenoxy) is 2. The molecule has 0 aliphatic carbocycles. The van der Waals surface area contributed by atoms with Crippen LogP contribution >= 0.6 is 0 Å². The first-order chi connectivity index (χ1) is 9.69. The van der Waals surface area contributed by atoms with E-state index in [1.54, 1.807) is 7.11 Å². The van der Waals surface area contributed by atoms with Crippen LogP contribution in [-0.2, 0) is 0 Å². The van der Waals surface area contributed by atoms with E-state index in [9.17, 15) is 5.11 Å². The molecule has 104 valence electrons. The number of aliphatic hydroxyl groups is 1. The van der Waals surface area contributed by atoms with Gasteiger partial charge < -0.3 is 14.6 Å². The van der Waals surface area contributed by atoms with Gasteiger partial charge in [-0.1, -0.05) is 24.3 Å². The molecule has 3 nitrogen and oxygen atoms in total. The molecule has 1 aliphatic rings. The summed E-state index contributed by atoms with van der Waals surface area (Å²) in [4.78, 5) is 0. The fourth-order valence-corrected chi connectivity index (χ4v) is 2.69. The summed E-state index contributed by atoms with van der Waals surface area (Å²) in [5.41, 5.74) is 3.13. The van der Waals surface area contributed by atoms with Gasteiger partial charge in [0.25, 0.3) is 0 Å². The van der Waals surface area contributed by atoms with E-state index in [0.29, 0.717) is 12.2 Å². The molecule has 0 radical (unpaired) electrons. The van der Waals surface area contributed by atoms with Crippen LogP contribution in [0.25, 0.3) is 0 Å². The number of aliphatic hydroxyl groups excluding tert-OH is 1. The average Bonchev–Trinajstić information content (AvgIpc) is 2.47. The van der Waals surface area contributed by atoms with Crippen molar-refractivity contribution in [2.24, 2.45) is 0 Å². The van der Waals surface area contributed by atoms with Crippen molar-refractivity contribution >= 4 is 0 Å². The largest absolute Gasteiger partial charge is 0.497 e. The Kier molecular flexibility index (Phi) is 3.36. The smallest absolute Gasteiger partial charge is 0.129 e. The standard InChI is InChI=1S/C17H18O3/c1-11-5-3-4-6-13(11)17-10-15(18)14-8-7-12(19-2)9-16(14)20-17/h3-9,15,17-18H,10H2,1-2H3/t15-,17?/m0/s1. The van der Waals surface area contributed by atoms with Gasteiger partial charge in [-0.2, -0.15) is 0 Å². The van der Waals surface area contributed by atoms with Gasteiger partial charge >= 0.3 is 0 Å². The number of methoxy groups -OCH3 is 1. The van der Waals surface area contributed by atoms with E-state index in [1.807, 2.05) is 30.3 Å². The zero-order valence-electron chi connectivity index (χ0n) is 11.7. The fourth-order valence-electron chi connectivity index (χ4n) is 2.69. The monoisotopic (exact) mass is 270 g/mol. The third-order valence-electron chi connectivity index (χ3n) is 3.82. The molecule has 20 heavy (non-hydrogen) atoms. The van der Waals surface area contributed by atoms with Crippen molar-refractivity contribution in [3.05, 3.63) is 59.2 Å². The van der Waals surface area contributed by atoms with Crippen LogP contribution in [0, 0.1) is 6.92 Å². The summed E-state index contributed by atoms with van der Waals surface area (Å²) in [6, 6.07) is 13.7. The first kappa shape index (κ1) is 13.0. The normalized spacial score (nSPS) is 20.9. The summed E-state index contributed by atoms with van der Waals surface area (Å²) in [7, 11) is 1.62. The molecule has 0 amide bonds. The lowest BCUT2D eigenvalue weighted by atomic mass is 9.93. The summed E-state index contributed by atoms with van der Waals surface area (Å²) >= 11 is 0. The highest BCUT2D eigenvalue weighted by Crippen LogP contribution is 2.42. The minimum Gasteiger partial charge on any atom is -0.497 e. The molecule has 2 atom stereocenters. The molecule has 3 rings (SSSR count). The van der Waals surface area contributed by atoms with Crippen molar-refractivity contribution in [3.63, 3.8) is 0 Å². The SMILES string of the molecule is COc1ccc2c(c1)OC(c1ccccc1C)C[C@@H]2O. The van der Waals surface area contributed by atoms with Crippen molar-refractivity contribution in [2.45, 2.75) is 25.6 Å². The summed E-state index contributed by atoms with van der Waals surface area (Å²) in [5, 5.41) is 10.3. The second kappa shape index (κ2) is 5.17. The van der Waals surface area contributed by atoms with Gasteiger partial charge in [-0.05, 0) is 30.2 Å². The molecule has 2 aromatic carbocycles. The van der Waals surface area contributed by atoms with Gasteiger partial charge in [0, 0.05) is 18.1 Å². The minimum absolute atomic E-state index is 0.120. The lowest BCUT2D eigenvalue weighted by molar-refractivity contribution is 0.0652. The number of fused-ring (bicyclic) bond motifs is 1. The topological polar surface area (TPSA) is 38.7 Å². The molecule has 3 heteroatoms. The highest BCUT2D eigenvalue weighted by atomic mass is 16.5. The minimum atomic E-state index is -0.505. The van der Waals surface area contributed by atoms with Gasteiger partial charge in [0.15, 0.2) is 0 Å². The second-order valence-electron chi connectivity index (χ2n) is 5.12. The third kappa shape index (κ3) is 2.25. The maximum absolute atomic E-state index is 10.3. The second-order valence-corrected chi connectivity index (χ2v) is 5.12. The van der Waals surface area contributed by atoms with E-state index in [0.717, 1.165) is 16.9 Å². The van der Waals surface area contributed by atoms with Crippen LogP contribution in [0.15, 0.2) is 42.5 Å². The fraction of sp³-hybridized carbons (Fsp3) is 0.294. The summed E-state index contributed by atoms with van der Waals surface area (Å²) in [6.45, 7) is 2.06. The zero-order valence-corrected chi connectivity index (χ0v) is 11.7. The predicted octanol–water partition coefficient (Wildman–Crippen LogP) is 3.56. The molecule has 1 N–H and O–H groups in total. The number of hydrogen-bond donors (Lipinski definition) is 1. The molecule has 0 fully saturated rings. The van der Waals surface area contributed by atoms with Crippen molar-refractivity contribution in [3.8, 4) is 11.5 Å². The molecule has 0 saturated heterocycles. The summed E-state index contributed by atoms with van der Waals surface area (Å²) in [5.74, 6) is 1.44. The third-order valence-corrected chi connectivity index (χ3v) is 3.82. The quantitative estimate of drug-likeness (QED) is 0.906. The Balaban J connectivity index is 1.97. The molecule has 1 unspecified atom stereocenters. The Hall–Kier alpha value is -2.00. The molecule has 2 aromatic rings. The Labute approximate surface area is 118 Å². The van der Waals surface area contributed by atoms with E-state index < -0.39 is 6.10 Å². The Morgan fingerprint density at radius 1 is 1.15 bits per heavy atom. The van der Waals surface area contributed by atoms with Gasteiger partial charge in [-0.3, -0.25) is 0 Å². The van der Waals surface area contributed by atoms with Crippen LogP contribution in [0.5, 0.6) is 11.5 Å². The first-order valence-electron chi connectivity index (χ1n) is 6.77. The summed E-state index contributed by atoms with van der Waals surface area (Å²) in [6.07, 6.45) is -0.0513. The van der Waals surface area contributed by atoms with E-state index in [-0.39, 0.29) is 6.10 Å². The van der Waals surface area contributed by atoms with Gasteiger partial charge in [-0.15, -0.1) is 0 Å². The number of aryl methyl sites for hydroxylation is 1. The molecular weight excluding hydrogens is 252 g/mol. The molecule has 1 aliphatic heterocycles. The molecule has 1 heterocycles. The van der Waals surface area contributed by atoms with E-state index >= 15 is 0 Å². The van der Waals surface area contributed by atoms with Crippen molar-refractivity contribution in [1.29, 1.82) is 0 Å². The van der Waals surface area contributed by atoms with Crippen molar-refractivity contribution in [2.75, 3.05) is 7.11 Å². The van der Waals surface area contributed by atoms with Gasteiger partial charge in [0.05, 0.1) is 13.2 Å². The highest BCUT2D eigenvalue weighted by molar-refractivity contribution is 5.44. The Morgan fingerprint density at radius 3 is 2.70 bits per heavy atom. The van der Waals surface area contributed by atoms with Gasteiger partial charge in [0.1, 0.15) is 17.6 Å². The number of benzene rings is 2. The van der Waals surface area contributed by atoms with Crippen molar-refractivity contribution in [1.82, 2.24) is 0 Å². The Morgan fingerprint density at radius 2 is 1.95 bits per heavy atom. The van der Waals surface area contributed by atoms with Crippen LogP contribution in [0.2, 0.25) is 0 Å². The van der Waals surface area contributed by atoms with Crippen LogP contribution < -0.4 is 9.47 Å². The van der Waals surface area contributed by atoms with E-state index in [4.69, 9.17) is 9.47 Å². The maximum Gasteiger partial charge on any atom is 0.129 e. The first-order valence-corrected chi connectivity index (χ1v) is 6.77. The van der Waals surface area contributed by atoms with Gasteiger partial charge in [-0.25, -0.2) is 0 Å². The van der Waals surface area contributed by atoms with Crippen molar-refractivity contribution < 1.29 is 14.6 Å². The molecule has 0 saturated carbocycles. The van der Waals surface area contributed by atoms with E-state index in [1.165, 1.54) is 5.56 Å². The zero-order chi connectivity index (χ0) is 14.1. The molecule has 0 aromatic heterocycles.